The minimum atomic E-state index is -3.52. The molecule has 0 saturated heterocycles. The summed E-state index contributed by atoms with van der Waals surface area (Å²) in [6.07, 6.45) is 1.15. The van der Waals surface area contributed by atoms with Crippen LogP contribution in [0.25, 0.3) is 4.85 Å². The molecule has 0 aliphatic heterocycles. The van der Waals surface area contributed by atoms with Crippen LogP contribution in [0, 0.1) is 19.4 Å². The Morgan fingerprint density at radius 3 is 2.17 bits per heavy atom. The smallest absolute Gasteiger partial charge is 0.296 e. The highest BCUT2D eigenvalue weighted by Gasteiger charge is 2.32. The fraction of sp³-hybridized carbons (Fsp3) is 0.500. The first-order valence-corrected chi connectivity index (χ1v) is 7.59. The van der Waals surface area contributed by atoms with Gasteiger partial charge < -0.3 is 0 Å². The lowest BCUT2D eigenvalue weighted by Crippen LogP contribution is -2.18. The van der Waals surface area contributed by atoms with Gasteiger partial charge in [0.15, 0.2) is 0 Å². The lowest BCUT2D eigenvalue weighted by molar-refractivity contribution is 0.540. The van der Waals surface area contributed by atoms with Crippen LogP contribution in [0.5, 0.6) is 0 Å². The third kappa shape index (κ3) is 3.58. The third-order valence-electron chi connectivity index (χ3n) is 2.84. The van der Waals surface area contributed by atoms with E-state index < -0.39 is 15.2 Å². The molecule has 0 N–H and O–H groups in total. The van der Waals surface area contributed by atoms with Gasteiger partial charge in [-0.2, -0.15) is 0 Å². The van der Waals surface area contributed by atoms with Gasteiger partial charge in [0.1, 0.15) is 0 Å². The summed E-state index contributed by atoms with van der Waals surface area (Å²) in [4.78, 5) is 3.54. The van der Waals surface area contributed by atoms with Crippen molar-refractivity contribution in [1.29, 1.82) is 0 Å². The molecule has 1 aromatic rings. The highest BCUT2D eigenvalue weighted by Crippen LogP contribution is 2.22. The van der Waals surface area contributed by atoms with Crippen LogP contribution in [0.15, 0.2) is 29.2 Å². The Labute approximate surface area is 110 Å². The molecule has 4 heteroatoms. The maximum Gasteiger partial charge on any atom is 0.325 e. The van der Waals surface area contributed by atoms with Crippen LogP contribution in [-0.2, 0) is 9.84 Å². The van der Waals surface area contributed by atoms with Crippen LogP contribution in [0.2, 0.25) is 0 Å². The topological polar surface area (TPSA) is 38.5 Å². The average molecular weight is 265 g/mol. The van der Waals surface area contributed by atoms with E-state index in [1.807, 2.05) is 20.8 Å². The zero-order valence-corrected chi connectivity index (χ0v) is 11.9. The molecule has 0 heterocycles. The molecule has 0 amide bonds. The minimum Gasteiger partial charge on any atom is -0.296 e. The van der Waals surface area contributed by atoms with E-state index in [1.54, 1.807) is 24.3 Å². The maximum absolute atomic E-state index is 12.3. The molecule has 0 fully saturated rings. The van der Waals surface area contributed by atoms with Gasteiger partial charge in [0.05, 0.1) is 4.90 Å². The fourth-order valence-corrected chi connectivity index (χ4v) is 3.06. The molecule has 18 heavy (non-hydrogen) atoms. The van der Waals surface area contributed by atoms with Gasteiger partial charge >= 0.3 is 5.37 Å². The van der Waals surface area contributed by atoms with Gasteiger partial charge in [-0.3, -0.25) is 4.85 Å². The van der Waals surface area contributed by atoms with Crippen LogP contribution in [0.1, 0.15) is 32.3 Å². The summed E-state index contributed by atoms with van der Waals surface area (Å²) in [7, 11) is -3.52. The first-order chi connectivity index (χ1) is 8.37. The molecular formula is C14H19NO2S. The van der Waals surface area contributed by atoms with Crippen LogP contribution < -0.4 is 0 Å². The van der Waals surface area contributed by atoms with Crippen molar-refractivity contribution in [3.8, 4) is 0 Å². The lowest BCUT2D eigenvalue weighted by atomic mass is 10.1. The molecule has 0 saturated carbocycles. The standard InChI is InChI=1S/C14H19NO2S/c1-11(2)5-10-14(15-4)18(16,17)13-8-6-12(3)7-9-13/h6-9,11,14H,5,10H2,1-3H3. The Bertz CT molecular complexity index is 524. The van der Waals surface area contributed by atoms with Crippen LogP contribution in [0.4, 0.5) is 0 Å². The summed E-state index contributed by atoms with van der Waals surface area (Å²) in [6.45, 7) is 13.1. The van der Waals surface area contributed by atoms with Crippen molar-refractivity contribution in [3.05, 3.63) is 41.2 Å². The highest BCUT2D eigenvalue weighted by atomic mass is 32.2. The summed E-state index contributed by atoms with van der Waals surface area (Å²) < 4.78 is 24.5. The second kappa shape index (κ2) is 6.01. The van der Waals surface area contributed by atoms with E-state index in [0.717, 1.165) is 12.0 Å². The van der Waals surface area contributed by atoms with Crippen LogP contribution in [0.3, 0.4) is 0 Å². The van der Waals surface area contributed by atoms with Gasteiger partial charge in [-0.1, -0.05) is 31.5 Å². The van der Waals surface area contributed by atoms with Crippen molar-refractivity contribution < 1.29 is 8.42 Å². The summed E-state index contributed by atoms with van der Waals surface area (Å²) in [5.41, 5.74) is 1.01. The molecule has 1 atom stereocenters. The summed E-state index contributed by atoms with van der Waals surface area (Å²) >= 11 is 0. The van der Waals surface area contributed by atoms with E-state index in [4.69, 9.17) is 6.57 Å². The summed E-state index contributed by atoms with van der Waals surface area (Å²) in [5.74, 6) is 0.405. The first-order valence-electron chi connectivity index (χ1n) is 6.05. The van der Waals surface area contributed by atoms with Crippen molar-refractivity contribution in [3.63, 3.8) is 0 Å². The molecule has 0 bridgehead atoms. The molecule has 0 aliphatic carbocycles. The molecule has 0 aromatic heterocycles. The molecule has 0 aliphatic rings. The molecule has 1 aromatic carbocycles. The molecule has 0 spiro atoms. The average Bonchev–Trinajstić information content (AvgIpc) is 2.29. The Hall–Kier alpha value is -1.34. The Morgan fingerprint density at radius 1 is 1.17 bits per heavy atom. The SMILES string of the molecule is [C-]#[N+]C(CCC(C)C)S(=O)(=O)c1ccc(C)cc1. The molecule has 3 nitrogen and oxygen atoms in total. The van der Waals surface area contributed by atoms with Gasteiger partial charge in [0, 0.05) is 6.42 Å². The van der Waals surface area contributed by atoms with Gasteiger partial charge in [-0.25, -0.2) is 15.0 Å². The zero-order chi connectivity index (χ0) is 13.8. The predicted octanol–water partition coefficient (Wildman–Crippen LogP) is 3.45. The van der Waals surface area contributed by atoms with Gasteiger partial charge in [-0.15, -0.1) is 0 Å². The number of sulfone groups is 1. The monoisotopic (exact) mass is 265 g/mol. The van der Waals surface area contributed by atoms with E-state index >= 15 is 0 Å². The number of aryl methyl sites for hydroxylation is 1. The highest BCUT2D eigenvalue weighted by molar-refractivity contribution is 7.92. The van der Waals surface area contributed by atoms with E-state index in [1.165, 1.54) is 0 Å². The number of hydrogen-bond donors (Lipinski definition) is 0. The van der Waals surface area contributed by atoms with E-state index in [2.05, 4.69) is 4.85 Å². The minimum absolute atomic E-state index is 0.248. The third-order valence-corrected chi connectivity index (χ3v) is 4.83. The largest absolute Gasteiger partial charge is 0.325 e. The second-order valence-electron chi connectivity index (χ2n) is 4.91. The molecule has 0 radical (unpaired) electrons. The zero-order valence-electron chi connectivity index (χ0n) is 11.1. The van der Waals surface area contributed by atoms with E-state index in [0.29, 0.717) is 12.3 Å². The summed E-state index contributed by atoms with van der Waals surface area (Å²) in [6, 6.07) is 6.68. The Balaban J connectivity index is 2.97. The van der Waals surface area contributed by atoms with Gasteiger partial charge in [0.25, 0.3) is 9.84 Å². The maximum atomic E-state index is 12.3. The van der Waals surface area contributed by atoms with Crippen LogP contribution in [-0.4, -0.2) is 13.8 Å². The van der Waals surface area contributed by atoms with Crippen molar-refractivity contribution in [2.45, 2.75) is 43.9 Å². The number of nitrogens with zero attached hydrogens (tertiary/aromatic N) is 1. The number of benzene rings is 1. The number of rotatable bonds is 5. The first kappa shape index (κ1) is 14.7. The number of hydrogen-bond acceptors (Lipinski definition) is 2. The van der Waals surface area contributed by atoms with E-state index in [-0.39, 0.29) is 4.90 Å². The Morgan fingerprint density at radius 2 is 1.72 bits per heavy atom. The second-order valence-corrected chi connectivity index (χ2v) is 7.02. The van der Waals surface area contributed by atoms with E-state index in [9.17, 15) is 8.42 Å². The normalized spacial score (nSPS) is 13.3. The van der Waals surface area contributed by atoms with Gasteiger partial charge in [-0.05, 0) is 31.4 Å². The van der Waals surface area contributed by atoms with Crippen LogP contribution >= 0.6 is 0 Å². The van der Waals surface area contributed by atoms with Crippen molar-refractivity contribution >= 4 is 9.84 Å². The van der Waals surface area contributed by atoms with Crippen molar-refractivity contribution in [1.82, 2.24) is 0 Å². The van der Waals surface area contributed by atoms with Crippen molar-refractivity contribution in [2.75, 3.05) is 0 Å². The predicted molar refractivity (Wildman–Crippen MR) is 72.8 cm³/mol. The van der Waals surface area contributed by atoms with Gasteiger partial charge in [0.2, 0.25) is 0 Å². The Kier molecular flexibility index (Phi) is 4.92. The molecule has 98 valence electrons. The molecule has 1 unspecified atom stereocenters. The molecular weight excluding hydrogens is 246 g/mol. The quantitative estimate of drug-likeness (QED) is 0.765. The lowest BCUT2D eigenvalue weighted by Gasteiger charge is -2.09. The molecule has 1 rings (SSSR count). The summed E-state index contributed by atoms with van der Waals surface area (Å²) in [5, 5.41) is -0.956. The fourth-order valence-electron chi connectivity index (χ4n) is 1.65. The van der Waals surface area contributed by atoms with Crippen molar-refractivity contribution in [2.24, 2.45) is 5.92 Å².